The molecule has 4 aromatic rings. The first kappa shape index (κ1) is 23.3. The maximum absolute atomic E-state index is 13.2. The second kappa shape index (κ2) is 10.1. The van der Waals surface area contributed by atoms with Crippen molar-refractivity contribution in [2.24, 2.45) is 0 Å². The molecule has 0 saturated carbocycles. The van der Waals surface area contributed by atoms with E-state index in [4.69, 9.17) is 9.47 Å². The van der Waals surface area contributed by atoms with E-state index in [-0.39, 0.29) is 5.91 Å². The largest absolute Gasteiger partial charge is 0.457 e. The highest BCUT2D eigenvalue weighted by Crippen LogP contribution is 2.44. The lowest BCUT2D eigenvalue weighted by Crippen LogP contribution is -2.41. The number of para-hydroxylation sites is 1. The topological polar surface area (TPSA) is 109 Å². The van der Waals surface area contributed by atoms with Crippen molar-refractivity contribution in [3.8, 4) is 11.5 Å². The first-order valence-electron chi connectivity index (χ1n) is 12.0. The molecule has 6 rings (SSSR count). The third-order valence-corrected chi connectivity index (χ3v) is 7.31. The molecule has 2 aliphatic heterocycles. The Labute approximate surface area is 216 Å². The summed E-state index contributed by atoms with van der Waals surface area (Å²) in [6.45, 7) is 4.37. The Balaban J connectivity index is 1.23. The number of amides is 3. The van der Waals surface area contributed by atoms with Gasteiger partial charge >= 0.3 is 6.03 Å². The van der Waals surface area contributed by atoms with Crippen molar-refractivity contribution in [3.05, 3.63) is 65.8 Å². The smallest absolute Gasteiger partial charge is 0.332 e. The van der Waals surface area contributed by atoms with E-state index in [2.05, 4.69) is 25.5 Å². The number of morpholine rings is 1. The molecule has 0 radical (unpaired) electrons. The molecule has 1 fully saturated rings. The molecule has 4 heterocycles. The van der Waals surface area contributed by atoms with E-state index < -0.39 is 6.03 Å². The first-order chi connectivity index (χ1) is 18.2. The minimum absolute atomic E-state index is 0.242. The van der Waals surface area contributed by atoms with E-state index in [0.717, 1.165) is 25.4 Å². The molecule has 10 nitrogen and oxygen atoms in total. The normalized spacial score (nSPS) is 15.5. The lowest BCUT2D eigenvalue weighted by atomic mass is 10.2. The van der Waals surface area contributed by atoms with Crippen LogP contribution in [0.1, 0.15) is 9.67 Å². The predicted molar refractivity (Wildman–Crippen MR) is 141 cm³/mol. The predicted octanol–water partition coefficient (Wildman–Crippen LogP) is 4.23. The Morgan fingerprint density at radius 1 is 1.05 bits per heavy atom. The summed E-state index contributed by atoms with van der Waals surface area (Å²) in [5, 5.41) is 6.51. The summed E-state index contributed by atoms with van der Waals surface area (Å²) in [4.78, 5) is 39.8. The van der Waals surface area contributed by atoms with Crippen LogP contribution in [0.15, 0.2) is 60.9 Å². The molecule has 2 aliphatic rings. The van der Waals surface area contributed by atoms with E-state index in [1.54, 1.807) is 24.3 Å². The summed E-state index contributed by atoms with van der Waals surface area (Å²) in [6, 6.07) is 16.3. The number of hydrogen-bond donors (Lipinski definition) is 2. The van der Waals surface area contributed by atoms with Crippen LogP contribution in [0.2, 0.25) is 0 Å². The number of benzene rings is 2. The Hall–Kier alpha value is -4.06. The minimum Gasteiger partial charge on any atom is -0.457 e. The Kier molecular flexibility index (Phi) is 6.39. The monoisotopic (exact) mass is 516 g/mol. The SMILES string of the molecule is O=C(NCCN1CCOCC1)c1sc2ncnc3c2c1NC(=O)N3c1ccc(Oc2ccccc2)cc1. The van der Waals surface area contributed by atoms with Crippen LogP contribution >= 0.6 is 11.3 Å². The average Bonchev–Trinajstić information content (AvgIpc) is 3.30. The van der Waals surface area contributed by atoms with Gasteiger partial charge in [0.2, 0.25) is 0 Å². The number of ether oxygens (including phenoxy) is 2. The summed E-state index contributed by atoms with van der Waals surface area (Å²) in [5.74, 6) is 1.56. The van der Waals surface area contributed by atoms with E-state index in [9.17, 15) is 9.59 Å². The van der Waals surface area contributed by atoms with Gasteiger partial charge in [-0.15, -0.1) is 11.3 Å². The number of nitrogens with zero attached hydrogens (tertiary/aromatic N) is 4. The van der Waals surface area contributed by atoms with Gasteiger partial charge in [-0.25, -0.2) is 19.7 Å². The number of thiophene rings is 1. The number of nitrogens with one attached hydrogen (secondary N) is 2. The average molecular weight is 517 g/mol. The van der Waals surface area contributed by atoms with Crippen molar-refractivity contribution in [2.45, 2.75) is 0 Å². The fraction of sp³-hybridized carbons (Fsp3) is 0.231. The van der Waals surface area contributed by atoms with Crippen LogP contribution in [-0.2, 0) is 4.74 Å². The number of urea groups is 1. The summed E-state index contributed by atoms with van der Waals surface area (Å²) in [5.41, 5.74) is 1.07. The highest BCUT2D eigenvalue weighted by molar-refractivity contribution is 7.21. The second-order valence-electron chi connectivity index (χ2n) is 8.57. The Morgan fingerprint density at radius 2 is 1.81 bits per heavy atom. The van der Waals surface area contributed by atoms with Gasteiger partial charge in [-0.3, -0.25) is 9.69 Å². The molecule has 0 bridgehead atoms. The number of carbonyl (C=O) groups is 2. The zero-order valence-electron chi connectivity index (χ0n) is 19.8. The van der Waals surface area contributed by atoms with Crippen LogP contribution in [0, 0.1) is 0 Å². The lowest BCUT2D eigenvalue weighted by Gasteiger charge is -2.27. The quantitative estimate of drug-likeness (QED) is 0.378. The molecule has 37 heavy (non-hydrogen) atoms. The van der Waals surface area contributed by atoms with Crippen LogP contribution in [0.25, 0.3) is 10.2 Å². The highest BCUT2D eigenvalue weighted by atomic mass is 32.1. The number of carbonyl (C=O) groups excluding carboxylic acids is 2. The van der Waals surface area contributed by atoms with E-state index in [1.165, 1.54) is 22.6 Å². The molecule has 11 heteroatoms. The van der Waals surface area contributed by atoms with Gasteiger partial charge in [0.05, 0.1) is 30.0 Å². The number of rotatable bonds is 7. The van der Waals surface area contributed by atoms with E-state index in [1.807, 2.05) is 30.3 Å². The number of anilines is 3. The fourth-order valence-electron chi connectivity index (χ4n) is 4.39. The third kappa shape index (κ3) is 4.71. The fourth-order valence-corrected chi connectivity index (χ4v) is 5.39. The zero-order valence-corrected chi connectivity index (χ0v) is 20.7. The molecular weight excluding hydrogens is 492 g/mol. The van der Waals surface area contributed by atoms with Crippen molar-refractivity contribution < 1.29 is 19.1 Å². The minimum atomic E-state index is -0.398. The summed E-state index contributed by atoms with van der Waals surface area (Å²) < 4.78 is 11.2. The maximum Gasteiger partial charge on any atom is 0.332 e. The van der Waals surface area contributed by atoms with Crippen LogP contribution in [0.4, 0.5) is 22.0 Å². The van der Waals surface area contributed by atoms with E-state index in [0.29, 0.717) is 57.8 Å². The number of hydrogen-bond acceptors (Lipinski definition) is 8. The molecule has 2 aromatic carbocycles. The molecule has 2 N–H and O–H groups in total. The standard InChI is InChI=1S/C26H24N6O4S/c33-24(27-10-11-31-12-14-35-15-13-31)22-21-20-23(28-16-29-25(20)37-22)32(26(34)30-21)17-6-8-19(9-7-17)36-18-4-2-1-3-5-18/h1-9,16H,10-15H2,(H,27,33)(H,30,34). The molecule has 3 amide bonds. The second-order valence-corrected chi connectivity index (χ2v) is 9.57. The van der Waals surface area contributed by atoms with Gasteiger partial charge in [-0.2, -0.15) is 0 Å². The summed E-state index contributed by atoms with van der Waals surface area (Å²) in [7, 11) is 0. The van der Waals surface area contributed by atoms with Crippen molar-refractivity contribution in [3.63, 3.8) is 0 Å². The Bertz CT molecular complexity index is 1440. The van der Waals surface area contributed by atoms with Crippen molar-refractivity contribution in [1.82, 2.24) is 20.2 Å². The molecule has 188 valence electrons. The number of aromatic nitrogens is 2. The third-order valence-electron chi connectivity index (χ3n) is 6.21. The van der Waals surface area contributed by atoms with Gasteiger partial charge in [-0.1, -0.05) is 18.2 Å². The maximum atomic E-state index is 13.2. The van der Waals surface area contributed by atoms with Crippen LogP contribution < -0.4 is 20.3 Å². The first-order valence-corrected chi connectivity index (χ1v) is 12.8. The summed E-state index contributed by atoms with van der Waals surface area (Å²) >= 11 is 1.24. The molecule has 1 saturated heterocycles. The van der Waals surface area contributed by atoms with Gasteiger partial charge < -0.3 is 20.1 Å². The molecule has 2 aromatic heterocycles. The van der Waals surface area contributed by atoms with E-state index >= 15 is 0 Å². The Morgan fingerprint density at radius 3 is 2.59 bits per heavy atom. The molecule has 0 unspecified atom stereocenters. The van der Waals surface area contributed by atoms with Gasteiger partial charge in [0.15, 0.2) is 5.82 Å². The molecule has 0 aliphatic carbocycles. The van der Waals surface area contributed by atoms with Gasteiger partial charge in [0.1, 0.15) is 27.5 Å². The van der Waals surface area contributed by atoms with Gasteiger partial charge in [-0.05, 0) is 36.4 Å². The molecule has 0 spiro atoms. The lowest BCUT2D eigenvalue weighted by molar-refractivity contribution is 0.0383. The van der Waals surface area contributed by atoms with Crippen molar-refractivity contribution in [1.29, 1.82) is 0 Å². The summed E-state index contributed by atoms with van der Waals surface area (Å²) in [6.07, 6.45) is 1.41. The van der Waals surface area contributed by atoms with Gasteiger partial charge in [0, 0.05) is 26.2 Å². The van der Waals surface area contributed by atoms with Gasteiger partial charge in [0.25, 0.3) is 5.91 Å². The van der Waals surface area contributed by atoms with Crippen molar-refractivity contribution >= 4 is 50.7 Å². The highest BCUT2D eigenvalue weighted by Gasteiger charge is 2.33. The zero-order chi connectivity index (χ0) is 25.2. The van der Waals surface area contributed by atoms with Crippen LogP contribution in [0.5, 0.6) is 11.5 Å². The van der Waals surface area contributed by atoms with Crippen LogP contribution in [-0.4, -0.2) is 66.2 Å². The molecular formula is C26H24N6O4S. The van der Waals surface area contributed by atoms with Crippen molar-refractivity contribution in [2.75, 3.05) is 49.6 Å². The molecule has 0 atom stereocenters. The van der Waals surface area contributed by atoms with Crippen LogP contribution in [0.3, 0.4) is 0 Å².